The van der Waals surface area contributed by atoms with Crippen LogP contribution in [0.25, 0.3) is 0 Å². The van der Waals surface area contributed by atoms with Gasteiger partial charge in [0.15, 0.2) is 0 Å². The zero-order valence-corrected chi connectivity index (χ0v) is 12.7. The molecule has 0 atom stereocenters. The van der Waals surface area contributed by atoms with Gasteiger partial charge in [0.25, 0.3) is 0 Å². The summed E-state index contributed by atoms with van der Waals surface area (Å²) in [6.45, 7) is 0. The van der Waals surface area contributed by atoms with E-state index in [2.05, 4.69) is 15.5 Å². The molecule has 0 spiro atoms. The standard InChI is InChI=1S/C16H19N3OS/c20-14(11-10-12-6-2-1-3-7-12)17-16-19-18-15(21-16)13-8-4-5-9-13/h1-3,6-7,13H,4-5,8-11H2,(H,17,19,20). The predicted molar refractivity (Wildman–Crippen MR) is 84.5 cm³/mol. The number of anilines is 1. The van der Waals surface area contributed by atoms with Crippen LogP contribution in [0.3, 0.4) is 0 Å². The molecular weight excluding hydrogens is 282 g/mol. The van der Waals surface area contributed by atoms with E-state index in [1.165, 1.54) is 42.6 Å². The molecule has 0 aliphatic heterocycles. The van der Waals surface area contributed by atoms with E-state index in [0.29, 0.717) is 17.5 Å². The Morgan fingerprint density at radius 2 is 1.95 bits per heavy atom. The molecule has 1 fully saturated rings. The molecule has 3 rings (SSSR count). The van der Waals surface area contributed by atoms with Crippen LogP contribution < -0.4 is 5.32 Å². The van der Waals surface area contributed by atoms with Crippen LogP contribution in [0.4, 0.5) is 5.13 Å². The molecule has 1 amide bonds. The van der Waals surface area contributed by atoms with Crippen molar-refractivity contribution >= 4 is 22.4 Å². The lowest BCUT2D eigenvalue weighted by Gasteiger charge is -2.02. The van der Waals surface area contributed by atoms with Gasteiger partial charge >= 0.3 is 0 Å². The average molecular weight is 301 g/mol. The van der Waals surface area contributed by atoms with Crippen molar-refractivity contribution in [2.75, 3.05) is 5.32 Å². The van der Waals surface area contributed by atoms with Gasteiger partial charge in [-0.3, -0.25) is 4.79 Å². The van der Waals surface area contributed by atoms with Crippen LogP contribution >= 0.6 is 11.3 Å². The fourth-order valence-electron chi connectivity index (χ4n) is 2.71. The highest BCUT2D eigenvalue weighted by molar-refractivity contribution is 7.15. The number of aromatic nitrogens is 2. The van der Waals surface area contributed by atoms with Gasteiger partial charge in [-0.15, -0.1) is 10.2 Å². The summed E-state index contributed by atoms with van der Waals surface area (Å²) in [4.78, 5) is 11.9. The molecule has 5 heteroatoms. The largest absolute Gasteiger partial charge is 0.301 e. The zero-order chi connectivity index (χ0) is 14.5. The summed E-state index contributed by atoms with van der Waals surface area (Å²) in [6.07, 6.45) is 6.20. The summed E-state index contributed by atoms with van der Waals surface area (Å²) in [5.74, 6) is 0.561. The van der Waals surface area contributed by atoms with Crippen molar-refractivity contribution in [1.82, 2.24) is 10.2 Å². The van der Waals surface area contributed by atoms with Gasteiger partial charge in [0.2, 0.25) is 11.0 Å². The highest BCUT2D eigenvalue weighted by atomic mass is 32.1. The van der Waals surface area contributed by atoms with Crippen LogP contribution in [-0.4, -0.2) is 16.1 Å². The molecule has 21 heavy (non-hydrogen) atoms. The van der Waals surface area contributed by atoms with Gasteiger partial charge in [-0.2, -0.15) is 0 Å². The molecule has 1 aliphatic carbocycles. The van der Waals surface area contributed by atoms with E-state index in [1.807, 2.05) is 30.3 Å². The molecule has 0 bridgehead atoms. The molecule has 4 nitrogen and oxygen atoms in total. The molecule has 1 aromatic heterocycles. The minimum atomic E-state index is 0.00738. The molecule has 1 saturated carbocycles. The summed E-state index contributed by atoms with van der Waals surface area (Å²) in [5.41, 5.74) is 1.18. The van der Waals surface area contributed by atoms with Crippen molar-refractivity contribution in [3.8, 4) is 0 Å². The highest BCUT2D eigenvalue weighted by Crippen LogP contribution is 2.36. The van der Waals surface area contributed by atoms with E-state index in [0.717, 1.165) is 11.4 Å². The average Bonchev–Trinajstić information content (AvgIpc) is 3.17. The predicted octanol–water partition coefficient (Wildman–Crippen LogP) is 3.77. The van der Waals surface area contributed by atoms with Crippen molar-refractivity contribution < 1.29 is 4.79 Å². The normalized spacial score (nSPS) is 15.2. The minimum absolute atomic E-state index is 0.00738. The first-order valence-electron chi connectivity index (χ1n) is 7.48. The SMILES string of the molecule is O=C(CCc1ccccc1)Nc1nnc(C2CCCC2)s1. The van der Waals surface area contributed by atoms with Crippen LogP contribution in [0.15, 0.2) is 30.3 Å². The zero-order valence-electron chi connectivity index (χ0n) is 11.9. The van der Waals surface area contributed by atoms with Crippen molar-refractivity contribution in [3.05, 3.63) is 40.9 Å². The van der Waals surface area contributed by atoms with Crippen LogP contribution in [-0.2, 0) is 11.2 Å². The Balaban J connectivity index is 1.50. The maximum absolute atomic E-state index is 11.9. The number of nitrogens with one attached hydrogen (secondary N) is 1. The molecule has 1 aromatic carbocycles. The molecule has 1 N–H and O–H groups in total. The molecular formula is C16H19N3OS. The van der Waals surface area contributed by atoms with Crippen molar-refractivity contribution in [2.24, 2.45) is 0 Å². The van der Waals surface area contributed by atoms with Crippen LogP contribution in [0, 0.1) is 0 Å². The topological polar surface area (TPSA) is 54.9 Å². The molecule has 1 aliphatic rings. The van der Waals surface area contributed by atoms with Crippen LogP contribution in [0.5, 0.6) is 0 Å². The summed E-state index contributed by atoms with van der Waals surface area (Å²) in [7, 11) is 0. The van der Waals surface area contributed by atoms with Gasteiger partial charge in [-0.05, 0) is 24.8 Å². The fourth-order valence-corrected chi connectivity index (χ4v) is 3.64. The first-order valence-corrected chi connectivity index (χ1v) is 8.30. The molecule has 1 heterocycles. The number of hydrogen-bond acceptors (Lipinski definition) is 4. The lowest BCUT2D eigenvalue weighted by molar-refractivity contribution is -0.116. The Morgan fingerprint density at radius 1 is 1.19 bits per heavy atom. The Hall–Kier alpha value is -1.75. The summed E-state index contributed by atoms with van der Waals surface area (Å²) in [6, 6.07) is 10.0. The molecule has 0 unspecified atom stereocenters. The second-order valence-electron chi connectivity index (χ2n) is 5.46. The third-order valence-corrected chi connectivity index (χ3v) is 4.88. The number of benzene rings is 1. The fraction of sp³-hybridized carbons (Fsp3) is 0.438. The smallest absolute Gasteiger partial charge is 0.226 e. The molecule has 0 radical (unpaired) electrons. The third kappa shape index (κ3) is 3.88. The number of nitrogens with zero attached hydrogens (tertiary/aromatic N) is 2. The first kappa shape index (κ1) is 14.2. The van der Waals surface area contributed by atoms with E-state index in [9.17, 15) is 4.79 Å². The van der Waals surface area contributed by atoms with Gasteiger partial charge in [-0.1, -0.05) is 54.5 Å². The number of carbonyl (C=O) groups excluding carboxylic acids is 1. The number of amides is 1. The van der Waals surface area contributed by atoms with Gasteiger partial charge in [-0.25, -0.2) is 0 Å². The molecule has 0 saturated heterocycles. The van der Waals surface area contributed by atoms with E-state index in [1.54, 1.807) is 0 Å². The minimum Gasteiger partial charge on any atom is -0.301 e. The Bertz CT molecular complexity index is 591. The highest BCUT2D eigenvalue weighted by Gasteiger charge is 2.21. The van der Waals surface area contributed by atoms with E-state index in [-0.39, 0.29) is 5.91 Å². The van der Waals surface area contributed by atoms with Gasteiger partial charge in [0.1, 0.15) is 5.01 Å². The van der Waals surface area contributed by atoms with E-state index in [4.69, 9.17) is 0 Å². The summed E-state index contributed by atoms with van der Waals surface area (Å²) < 4.78 is 0. The van der Waals surface area contributed by atoms with Crippen molar-refractivity contribution in [3.63, 3.8) is 0 Å². The lowest BCUT2D eigenvalue weighted by Crippen LogP contribution is -2.12. The van der Waals surface area contributed by atoms with Gasteiger partial charge < -0.3 is 5.32 Å². The van der Waals surface area contributed by atoms with Crippen molar-refractivity contribution in [1.29, 1.82) is 0 Å². The molecule has 110 valence electrons. The lowest BCUT2D eigenvalue weighted by atomic mass is 10.1. The quantitative estimate of drug-likeness (QED) is 0.914. The second-order valence-corrected chi connectivity index (χ2v) is 6.47. The second kappa shape index (κ2) is 6.80. The van der Waals surface area contributed by atoms with Crippen LogP contribution in [0.1, 0.15) is 48.6 Å². The van der Waals surface area contributed by atoms with E-state index < -0.39 is 0 Å². The Labute approximate surface area is 128 Å². The van der Waals surface area contributed by atoms with Crippen LogP contribution in [0.2, 0.25) is 0 Å². The Kier molecular flexibility index (Phi) is 4.60. The number of rotatable bonds is 5. The number of carbonyl (C=O) groups is 1. The Morgan fingerprint density at radius 3 is 2.71 bits per heavy atom. The first-order chi connectivity index (χ1) is 10.3. The van der Waals surface area contributed by atoms with Gasteiger partial charge in [0, 0.05) is 12.3 Å². The maximum atomic E-state index is 11.9. The number of hydrogen-bond donors (Lipinski definition) is 1. The van der Waals surface area contributed by atoms with Crippen molar-refractivity contribution in [2.45, 2.75) is 44.4 Å². The summed E-state index contributed by atoms with van der Waals surface area (Å²) in [5, 5.41) is 12.9. The summed E-state index contributed by atoms with van der Waals surface area (Å²) >= 11 is 1.53. The number of aryl methyl sites for hydroxylation is 1. The van der Waals surface area contributed by atoms with Gasteiger partial charge in [0.05, 0.1) is 0 Å². The molecule has 2 aromatic rings. The maximum Gasteiger partial charge on any atom is 0.226 e. The van der Waals surface area contributed by atoms with E-state index >= 15 is 0 Å². The third-order valence-electron chi connectivity index (χ3n) is 3.87. The monoisotopic (exact) mass is 301 g/mol.